The van der Waals surface area contributed by atoms with Crippen molar-refractivity contribution >= 4 is 34.2 Å². The number of pyridine rings is 1. The van der Waals surface area contributed by atoms with Gasteiger partial charge in [-0.05, 0) is 47.9 Å². The first-order valence-corrected chi connectivity index (χ1v) is 9.94. The van der Waals surface area contributed by atoms with Crippen molar-refractivity contribution in [3.63, 3.8) is 0 Å². The number of methoxy groups -OCH3 is 1. The molecule has 0 unspecified atom stereocenters. The number of nitrogens with zero attached hydrogens (tertiary/aromatic N) is 1. The molecule has 0 saturated carbocycles. The molecule has 0 spiro atoms. The zero-order chi connectivity index (χ0) is 21.8. The molecule has 2 aromatic heterocycles. The van der Waals surface area contributed by atoms with Crippen LogP contribution in [-0.4, -0.2) is 23.0 Å². The van der Waals surface area contributed by atoms with Crippen molar-refractivity contribution in [2.24, 2.45) is 0 Å². The number of fused-ring (bicyclic) bond motifs is 1. The summed E-state index contributed by atoms with van der Waals surface area (Å²) in [5.41, 5.74) is 1.30. The number of benzene rings is 2. The Morgan fingerprint density at radius 1 is 1.13 bits per heavy atom. The Kier molecular flexibility index (Phi) is 5.95. The first-order valence-electron chi connectivity index (χ1n) is 9.56. The van der Waals surface area contributed by atoms with E-state index in [4.69, 9.17) is 20.8 Å². The third kappa shape index (κ3) is 4.73. The first-order chi connectivity index (χ1) is 15.0. The van der Waals surface area contributed by atoms with Gasteiger partial charge in [0.25, 0.3) is 5.56 Å². The first kappa shape index (κ1) is 20.6. The van der Waals surface area contributed by atoms with Crippen molar-refractivity contribution in [1.82, 2.24) is 9.88 Å². The average molecular weight is 438 g/mol. The molecule has 2 N–H and O–H groups in total. The van der Waals surface area contributed by atoms with Gasteiger partial charge >= 0.3 is 6.03 Å². The minimum Gasteiger partial charge on any atom is -0.497 e. The quantitative estimate of drug-likeness (QED) is 0.443. The number of furan rings is 1. The predicted octanol–water partition coefficient (Wildman–Crippen LogP) is 5.02. The van der Waals surface area contributed by atoms with Crippen LogP contribution in [-0.2, 0) is 13.1 Å². The maximum Gasteiger partial charge on any atom is 0.322 e. The molecular weight excluding hydrogens is 418 g/mol. The highest BCUT2D eigenvalue weighted by atomic mass is 35.5. The van der Waals surface area contributed by atoms with Gasteiger partial charge in [-0.25, -0.2) is 4.79 Å². The lowest BCUT2D eigenvalue weighted by molar-refractivity contribution is 0.201. The van der Waals surface area contributed by atoms with Gasteiger partial charge in [-0.15, -0.1) is 0 Å². The van der Waals surface area contributed by atoms with E-state index in [1.165, 1.54) is 11.2 Å². The number of urea groups is 1. The summed E-state index contributed by atoms with van der Waals surface area (Å²) in [5, 5.41) is 4.05. The predicted molar refractivity (Wildman–Crippen MR) is 120 cm³/mol. The highest BCUT2D eigenvalue weighted by Gasteiger charge is 2.19. The topological polar surface area (TPSA) is 87.6 Å². The number of halogens is 1. The molecule has 4 aromatic rings. The number of ether oxygens (including phenoxy) is 1. The molecule has 2 aromatic carbocycles. The van der Waals surface area contributed by atoms with E-state index >= 15 is 0 Å². The van der Waals surface area contributed by atoms with E-state index in [-0.39, 0.29) is 18.6 Å². The summed E-state index contributed by atoms with van der Waals surface area (Å²) in [7, 11) is 1.57. The van der Waals surface area contributed by atoms with Gasteiger partial charge in [0, 0.05) is 11.6 Å². The zero-order valence-electron chi connectivity index (χ0n) is 16.7. The Morgan fingerprint density at radius 2 is 1.97 bits per heavy atom. The number of carbonyl (C=O) groups is 1. The minimum atomic E-state index is -0.404. The number of para-hydroxylation sites is 1. The van der Waals surface area contributed by atoms with Crippen LogP contribution in [0.15, 0.2) is 76.1 Å². The number of aromatic amines is 1. The van der Waals surface area contributed by atoms with Crippen LogP contribution < -0.4 is 15.6 Å². The van der Waals surface area contributed by atoms with Crippen molar-refractivity contribution < 1.29 is 13.9 Å². The van der Waals surface area contributed by atoms with Crippen LogP contribution in [0.25, 0.3) is 10.9 Å². The smallest absolute Gasteiger partial charge is 0.322 e. The number of amides is 2. The summed E-state index contributed by atoms with van der Waals surface area (Å²) in [6, 6.07) is 17.3. The van der Waals surface area contributed by atoms with E-state index in [0.717, 1.165) is 5.39 Å². The van der Waals surface area contributed by atoms with Crippen LogP contribution in [0, 0.1) is 0 Å². The van der Waals surface area contributed by atoms with Crippen LogP contribution >= 0.6 is 11.6 Å². The maximum atomic E-state index is 13.0. The lowest BCUT2D eigenvalue weighted by Crippen LogP contribution is -2.35. The van der Waals surface area contributed by atoms with Crippen LogP contribution in [0.4, 0.5) is 10.5 Å². The normalized spacial score (nSPS) is 10.8. The molecule has 0 aliphatic carbocycles. The summed E-state index contributed by atoms with van der Waals surface area (Å²) in [5.74, 6) is 1.24. The number of aromatic nitrogens is 1. The molecule has 31 heavy (non-hydrogen) atoms. The standard InChI is InChI=1S/C23H20ClN3O4/c1-30-17-9-8-15-11-16(22(28)25-21(15)12-17)13-27(14-18-5-4-10-31-18)23(29)26-20-7-3-2-6-19(20)24/h2-12H,13-14H2,1H3,(H,25,28)(H,26,29). The summed E-state index contributed by atoms with van der Waals surface area (Å²) in [6.07, 6.45) is 1.54. The van der Waals surface area contributed by atoms with E-state index in [1.54, 1.807) is 55.6 Å². The largest absolute Gasteiger partial charge is 0.497 e. The molecule has 7 nitrogen and oxygen atoms in total. The highest BCUT2D eigenvalue weighted by Crippen LogP contribution is 2.22. The molecule has 0 bridgehead atoms. The van der Waals surface area contributed by atoms with Gasteiger partial charge in [0.15, 0.2) is 0 Å². The molecule has 2 amide bonds. The fourth-order valence-corrected chi connectivity index (χ4v) is 3.41. The number of nitrogens with one attached hydrogen (secondary N) is 2. The van der Waals surface area contributed by atoms with E-state index in [9.17, 15) is 9.59 Å². The summed E-state index contributed by atoms with van der Waals surface area (Å²) < 4.78 is 10.6. The van der Waals surface area contributed by atoms with Gasteiger partial charge in [0.05, 0.1) is 42.7 Å². The Hall–Kier alpha value is -3.71. The third-order valence-corrected chi connectivity index (χ3v) is 5.15. The van der Waals surface area contributed by atoms with E-state index < -0.39 is 6.03 Å². The van der Waals surface area contributed by atoms with Gasteiger partial charge in [-0.2, -0.15) is 0 Å². The zero-order valence-corrected chi connectivity index (χ0v) is 17.5. The van der Waals surface area contributed by atoms with Gasteiger partial charge in [0.2, 0.25) is 0 Å². The van der Waals surface area contributed by atoms with Crippen LogP contribution in [0.3, 0.4) is 0 Å². The lowest BCUT2D eigenvalue weighted by Gasteiger charge is -2.22. The van der Waals surface area contributed by atoms with Crippen molar-refractivity contribution in [3.8, 4) is 5.75 Å². The maximum absolute atomic E-state index is 13.0. The van der Waals surface area contributed by atoms with E-state index in [2.05, 4.69) is 10.3 Å². The molecule has 0 radical (unpaired) electrons. The Labute approximate surface area is 183 Å². The SMILES string of the molecule is COc1ccc2cc(CN(Cc3ccco3)C(=O)Nc3ccccc3Cl)c(=O)[nH]c2c1. The van der Waals surface area contributed by atoms with Crippen molar-refractivity contribution in [1.29, 1.82) is 0 Å². The Balaban J connectivity index is 1.64. The average Bonchev–Trinajstić information content (AvgIpc) is 3.28. The number of carbonyl (C=O) groups excluding carboxylic acids is 1. The monoisotopic (exact) mass is 437 g/mol. The Morgan fingerprint density at radius 3 is 2.71 bits per heavy atom. The number of H-pyrrole nitrogens is 1. The van der Waals surface area contributed by atoms with Crippen LogP contribution in [0.5, 0.6) is 5.75 Å². The van der Waals surface area contributed by atoms with E-state index in [0.29, 0.717) is 33.3 Å². The van der Waals surface area contributed by atoms with Crippen LogP contribution in [0.2, 0.25) is 5.02 Å². The van der Waals surface area contributed by atoms with Gasteiger partial charge in [-0.1, -0.05) is 23.7 Å². The minimum absolute atomic E-state index is 0.0777. The molecule has 0 atom stereocenters. The molecule has 0 saturated heterocycles. The Bertz CT molecular complexity index is 1270. The number of hydrogen-bond acceptors (Lipinski definition) is 4. The molecule has 158 valence electrons. The van der Waals surface area contributed by atoms with Gasteiger partial charge in [0.1, 0.15) is 11.5 Å². The molecule has 4 rings (SSSR count). The summed E-state index contributed by atoms with van der Waals surface area (Å²) in [6.45, 7) is 0.262. The number of anilines is 1. The fourth-order valence-electron chi connectivity index (χ4n) is 3.22. The third-order valence-electron chi connectivity index (χ3n) is 4.82. The molecule has 2 heterocycles. The van der Waals surface area contributed by atoms with Crippen molar-refractivity contribution in [3.05, 3.63) is 93.6 Å². The second-order valence-corrected chi connectivity index (χ2v) is 7.33. The molecule has 0 aliphatic heterocycles. The molecule has 8 heteroatoms. The summed E-state index contributed by atoms with van der Waals surface area (Å²) >= 11 is 6.17. The molecular formula is C23H20ClN3O4. The molecule has 0 aliphatic rings. The van der Waals surface area contributed by atoms with Crippen molar-refractivity contribution in [2.75, 3.05) is 12.4 Å². The van der Waals surface area contributed by atoms with Gasteiger partial charge < -0.3 is 24.4 Å². The highest BCUT2D eigenvalue weighted by molar-refractivity contribution is 6.33. The molecule has 0 fully saturated rings. The lowest BCUT2D eigenvalue weighted by atomic mass is 10.1. The number of rotatable bonds is 6. The summed E-state index contributed by atoms with van der Waals surface area (Å²) in [4.78, 5) is 30.1. The number of hydrogen-bond donors (Lipinski definition) is 2. The van der Waals surface area contributed by atoms with E-state index in [1.807, 2.05) is 12.1 Å². The fraction of sp³-hybridized carbons (Fsp3) is 0.130. The van der Waals surface area contributed by atoms with Crippen LogP contribution in [0.1, 0.15) is 11.3 Å². The van der Waals surface area contributed by atoms with Gasteiger partial charge in [-0.3, -0.25) is 4.79 Å². The second kappa shape index (κ2) is 8.97. The second-order valence-electron chi connectivity index (χ2n) is 6.92. The van der Waals surface area contributed by atoms with Crippen molar-refractivity contribution in [2.45, 2.75) is 13.1 Å².